The van der Waals surface area contributed by atoms with Crippen LogP contribution >= 0.6 is 0 Å². The highest BCUT2D eigenvalue weighted by Crippen LogP contribution is 2.44. The van der Waals surface area contributed by atoms with Crippen LogP contribution in [0.2, 0.25) is 0 Å². The summed E-state index contributed by atoms with van der Waals surface area (Å²) in [6.07, 6.45) is 0. The molecule has 0 fully saturated rings. The molecular weight excluding hydrogens is 362 g/mol. The van der Waals surface area contributed by atoms with Gasteiger partial charge in [-0.25, -0.2) is 0 Å². The van der Waals surface area contributed by atoms with Crippen molar-refractivity contribution in [1.29, 1.82) is 0 Å². The summed E-state index contributed by atoms with van der Waals surface area (Å²) in [7, 11) is 6.18. The summed E-state index contributed by atoms with van der Waals surface area (Å²) in [4.78, 5) is 27.5. The number of fused-ring (bicyclic) bond motifs is 2. The third kappa shape index (κ3) is 2.43. The molecule has 0 bridgehead atoms. The Morgan fingerprint density at radius 3 is 2.21 bits per heavy atom. The zero-order chi connectivity index (χ0) is 20.0. The minimum absolute atomic E-state index is 0.0601. The number of nitrogens with zero attached hydrogens (tertiary/aromatic N) is 1. The molecular formula is C21H19NO6. The minimum Gasteiger partial charge on any atom is -0.493 e. The lowest BCUT2D eigenvalue weighted by molar-refractivity contribution is 0.0771. The molecule has 2 aromatic carbocycles. The zero-order valence-corrected chi connectivity index (χ0v) is 15.9. The fourth-order valence-corrected chi connectivity index (χ4v) is 3.68. The van der Waals surface area contributed by atoms with E-state index in [1.165, 1.54) is 26.2 Å². The standard InChI is InChI=1S/C21H19NO6/c1-22-17(11-9-14(25-2)19(27-4)15(10-11)26-3)16-18(23)12-7-5-6-8-13(12)28-20(16)21(22)24/h5-10,17H,1-4H3. The summed E-state index contributed by atoms with van der Waals surface area (Å²) in [5.41, 5.74) is 1.12. The van der Waals surface area contributed by atoms with Crippen molar-refractivity contribution in [2.75, 3.05) is 28.4 Å². The number of methoxy groups -OCH3 is 3. The monoisotopic (exact) mass is 381 g/mol. The lowest BCUT2D eigenvalue weighted by atomic mass is 9.98. The van der Waals surface area contributed by atoms with Crippen LogP contribution in [0.5, 0.6) is 17.2 Å². The molecule has 1 unspecified atom stereocenters. The van der Waals surface area contributed by atoms with Crippen LogP contribution in [0.3, 0.4) is 0 Å². The molecule has 0 N–H and O–H groups in total. The number of carbonyl (C=O) groups excluding carboxylic acids is 1. The number of amides is 1. The summed E-state index contributed by atoms with van der Waals surface area (Å²) < 4.78 is 22.0. The molecule has 0 radical (unpaired) electrons. The van der Waals surface area contributed by atoms with Gasteiger partial charge in [-0.15, -0.1) is 0 Å². The van der Waals surface area contributed by atoms with E-state index >= 15 is 0 Å². The third-order valence-electron chi connectivity index (χ3n) is 5.01. The molecule has 144 valence electrons. The maximum absolute atomic E-state index is 13.2. The van der Waals surface area contributed by atoms with Crippen molar-refractivity contribution in [3.05, 3.63) is 63.5 Å². The second-order valence-electron chi connectivity index (χ2n) is 6.45. The highest BCUT2D eigenvalue weighted by atomic mass is 16.5. The topological polar surface area (TPSA) is 78.2 Å². The van der Waals surface area contributed by atoms with Gasteiger partial charge in [0.1, 0.15) is 5.58 Å². The quantitative estimate of drug-likeness (QED) is 0.691. The van der Waals surface area contributed by atoms with Gasteiger partial charge in [-0.05, 0) is 29.8 Å². The number of rotatable bonds is 4. The normalized spacial score (nSPS) is 15.6. The van der Waals surface area contributed by atoms with Gasteiger partial charge in [0.2, 0.25) is 11.5 Å². The SMILES string of the molecule is COc1cc(C2c3c(oc4ccccc4c3=O)C(=O)N2C)cc(OC)c1OC. The molecule has 2 heterocycles. The van der Waals surface area contributed by atoms with Gasteiger partial charge in [-0.2, -0.15) is 0 Å². The van der Waals surface area contributed by atoms with E-state index in [4.69, 9.17) is 18.6 Å². The first-order valence-corrected chi connectivity index (χ1v) is 8.64. The number of hydrogen-bond acceptors (Lipinski definition) is 6. The van der Waals surface area contributed by atoms with E-state index in [1.807, 2.05) is 0 Å². The van der Waals surface area contributed by atoms with Crippen molar-refractivity contribution in [2.45, 2.75) is 6.04 Å². The molecule has 1 aliphatic rings. The Balaban J connectivity index is 2.00. The van der Waals surface area contributed by atoms with Crippen LogP contribution in [0, 0.1) is 0 Å². The molecule has 1 aliphatic heterocycles. The number of para-hydroxylation sites is 1. The van der Waals surface area contributed by atoms with Crippen LogP contribution in [0.25, 0.3) is 11.0 Å². The molecule has 28 heavy (non-hydrogen) atoms. The van der Waals surface area contributed by atoms with Crippen LogP contribution in [-0.2, 0) is 0 Å². The molecule has 0 saturated heterocycles. The zero-order valence-electron chi connectivity index (χ0n) is 15.9. The number of carbonyl (C=O) groups is 1. The molecule has 0 saturated carbocycles. The highest BCUT2D eigenvalue weighted by Gasteiger charge is 2.41. The van der Waals surface area contributed by atoms with E-state index in [-0.39, 0.29) is 17.1 Å². The van der Waals surface area contributed by atoms with Crippen molar-refractivity contribution in [1.82, 2.24) is 4.90 Å². The first-order chi connectivity index (χ1) is 13.5. The Bertz CT molecular complexity index is 1120. The molecule has 1 atom stereocenters. The number of ether oxygens (including phenoxy) is 3. The second-order valence-corrected chi connectivity index (χ2v) is 6.45. The maximum atomic E-state index is 13.2. The lowest BCUT2D eigenvalue weighted by Gasteiger charge is -2.22. The summed E-state index contributed by atoms with van der Waals surface area (Å²) in [5.74, 6) is 1.03. The molecule has 1 amide bonds. The molecule has 3 aromatic rings. The van der Waals surface area contributed by atoms with Crippen LogP contribution in [0.4, 0.5) is 0 Å². The molecule has 7 nitrogen and oxygen atoms in total. The predicted molar refractivity (Wildman–Crippen MR) is 103 cm³/mol. The van der Waals surface area contributed by atoms with E-state index in [2.05, 4.69) is 0 Å². The second kappa shape index (κ2) is 6.60. The summed E-state index contributed by atoms with van der Waals surface area (Å²) in [6.45, 7) is 0. The maximum Gasteiger partial charge on any atom is 0.290 e. The van der Waals surface area contributed by atoms with E-state index in [0.717, 1.165) is 0 Å². The van der Waals surface area contributed by atoms with E-state index in [0.29, 0.717) is 39.3 Å². The van der Waals surface area contributed by atoms with Gasteiger partial charge >= 0.3 is 0 Å². The average molecular weight is 381 g/mol. The van der Waals surface area contributed by atoms with Gasteiger partial charge in [-0.1, -0.05) is 12.1 Å². The third-order valence-corrected chi connectivity index (χ3v) is 5.01. The van der Waals surface area contributed by atoms with Gasteiger partial charge in [0.15, 0.2) is 16.9 Å². The van der Waals surface area contributed by atoms with Gasteiger partial charge in [0, 0.05) is 7.05 Å². The van der Waals surface area contributed by atoms with Crippen LogP contribution in [-0.4, -0.2) is 39.2 Å². The van der Waals surface area contributed by atoms with Gasteiger partial charge < -0.3 is 23.5 Å². The highest BCUT2D eigenvalue weighted by molar-refractivity contribution is 5.98. The van der Waals surface area contributed by atoms with E-state index in [1.54, 1.807) is 43.4 Å². The summed E-state index contributed by atoms with van der Waals surface area (Å²) >= 11 is 0. The molecule has 0 spiro atoms. The smallest absolute Gasteiger partial charge is 0.290 e. The summed E-state index contributed by atoms with van der Waals surface area (Å²) in [5, 5.41) is 0.432. The van der Waals surface area contributed by atoms with Crippen molar-refractivity contribution in [3.63, 3.8) is 0 Å². The Morgan fingerprint density at radius 2 is 1.61 bits per heavy atom. The Labute approximate surface area is 161 Å². The molecule has 7 heteroatoms. The minimum atomic E-state index is -0.628. The van der Waals surface area contributed by atoms with Crippen LogP contribution < -0.4 is 19.6 Å². The lowest BCUT2D eigenvalue weighted by Crippen LogP contribution is -2.25. The van der Waals surface area contributed by atoms with Gasteiger partial charge in [0.25, 0.3) is 5.91 Å². The number of benzene rings is 2. The average Bonchev–Trinajstić information content (AvgIpc) is 2.98. The Morgan fingerprint density at radius 1 is 0.964 bits per heavy atom. The largest absolute Gasteiger partial charge is 0.493 e. The molecule has 0 aliphatic carbocycles. The predicted octanol–water partition coefficient (Wildman–Crippen LogP) is 2.99. The van der Waals surface area contributed by atoms with E-state index < -0.39 is 6.04 Å². The fourth-order valence-electron chi connectivity index (χ4n) is 3.68. The van der Waals surface area contributed by atoms with Crippen molar-refractivity contribution in [3.8, 4) is 17.2 Å². The molecule has 4 rings (SSSR count). The first kappa shape index (κ1) is 17.9. The number of hydrogen-bond donors (Lipinski definition) is 0. The molecule has 1 aromatic heterocycles. The van der Waals surface area contributed by atoms with E-state index in [9.17, 15) is 9.59 Å². The van der Waals surface area contributed by atoms with Crippen LogP contribution in [0.1, 0.15) is 27.7 Å². The summed E-state index contributed by atoms with van der Waals surface area (Å²) in [6, 6.07) is 9.74. The van der Waals surface area contributed by atoms with Crippen molar-refractivity contribution < 1.29 is 23.4 Å². The van der Waals surface area contributed by atoms with Gasteiger partial charge in [-0.3, -0.25) is 9.59 Å². The Hall–Kier alpha value is -3.48. The fraction of sp³-hybridized carbons (Fsp3) is 0.238. The Kier molecular flexibility index (Phi) is 4.22. The van der Waals surface area contributed by atoms with Crippen LogP contribution in [0.15, 0.2) is 45.6 Å². The van der Waals surface area contributed by atoms with Crippen molar-refractivity contribution >= 4 is 16.9 Å². The van der Waals surface area contributed by atoms with Crippen molar-refractivity contribution in [2.24, 2.45) is 0 Å². The van der Waals surface area contributed by atoms with Gasteiger partial charge in [0.05, 0.1) is 38.3 Å². The first-order valence-electron chi connectivity index (χ1n) is 8.64.